The van der Waals surface area contributed by atoms with Gasteiger partial charge in [0.1, 0.15) is 17.1 Å². The summed E-state index contributed by atoms with van der Waals surface area (Å²) in [5.74, 6) is -0.281. The number of rotatable bonds is 8. The molecular formula is C21H18F6N6O. The van der Waals surface area contributed by atoms with Gasteiger partial charge in [-0.1, -0.05) is 12.1 Å². The number of hydrogen-bond acceptors (Lipinski definition) is 6. The topological polar surface area (TPSA) is 113 Å². The van der Waals surface area contributed by atoms with E-state index in [4.69, 9.17) is 10.9 Å². The minimum absolute atomic E-state index is 0.165. The van der Waals surface area contributed by atoms with E-state index in [0.717, 1.165) is 0 Å². The molecule has 0 atom stereocenters. The predicted octanol–water partition coefficient (Wildman–Crippen LogP) is 6.53. The molecule has 0 heterocycles. The van der Waals surface area contributed by atoms with Crippen molar-refractivity contribution in [2.24, 2.45) is 5.11 Å². The lowest BCUT2D eigenvalue weighted by Gasteiger charge is -2.16. The minimum atomic E-state index is -5.22. The Morgan fingerprint density at radius 2 is 1.53 bits per heavy atom. The maximum Gasteiger partial charge on any atom is 0.432 e. The molecule has 0 saturated carbocycles. The number of halogens is 6. The number of amides is 1. The van der Waals surface area contributed by atoms with Crippen LogP contribution in [0.1, 0.15) is 12.5 Å². The molecular weight excluding hydrogens is 466 g/mol. The molecule has 0 radical (unpaired) electrons. The molecule has 13 heteroatoms. The van der Waals surface area contributed by atoms with Gasteiger partial charge < -0.3 is 16.0 Å². The zero-order valence-corrected chi connectivity index (χ0v) is 17.4. The van der Waals surface area contributed by atoms with Gasteiger partial charge in [0.05, 0.1) is 0 Å². The molecule has 0 fully saturated rings. The lowest BCUT2D eigenvalue weighted by atomic mass is 10.1. The molecule has 0 saturated heterocycles. The normalized spacial score (nSPS) is 12.7. The lowest BCUT2D eigenvalue weighted by Crippen LogP contribution is -2.25. The van der Waals surface area contributed by atoms with Gasteiger partial charge >= 0.3 is 12.4 Å². The molecule has 2 aromatic carbocycles. The average molecular weight is 484 g/mol. The van der Waals surface area contributed by atoms with E-state index in [9.17, 15) is 31.1 Å². The Hall–Kier alpha value is -4.16. The van der Waals surface area contributed by atoms with Crippen LogP contribution in [0.3, 0.4) is 0 Å². The Labute approximate surface area is 189 Å². The molecule has 2 rings (SSSR count). The Bertz CT molecular complexity index is 1120. The second-order valence-corrected chi connectivity index (χ2v) is 6.72. The third kappa shape index (κ3) is 7.76. The van der Waals surface area contributed by atoms with Crippen molar-refractivity contribution in [1.29, 1.82) is 10.9 Å². The highest BCUT2D eigenvalue weighted by Crippen LogP contribution is 2.29. The quantitative estimate of drug-likeness (QED) is 0.167. The third-order valence-corrected chi connectivity index (χ3v) is 4.04. The molecule has 0 aromatic heterocycles. The summed E-state index contributed by atoms with van der Waals surface area (Å²) in [5, 5.41) is 17.4. The molecule has 0 aliphatic rings. The van der Waals surface area contributed by atoms with Crippen LogP contribution >= 0.6 is 0 Å². The second-order valence-electron chi connectivity index (χ2n) is 6.72. The van der Waals surface area contributed by atoms with Crippen molar-refractivity contribution >= 4 is 34.4 Å². The molecule has 180 valence electrons. The average Bonchev–Trinajstić information content (AvgIpc) is 2.73. The number of carbonyl (C=O) groups excluding carboxylic acids is 1. The van der Waals surface area contributed by atoms with E-state index in [-0.39, 0.29) is 23.4 Å². The van der Waals surface area contributed by atoms with Gasteiger partial charge in [-0.3, -0.25) is 10.2 Å². The summed E-state index contributed by atoms with van der Waals surface area (Å²) in [4.78, 5) is 11.2. The first-order chi connectivity index (χ1) is 15.8. The summed E-state index contributed by atoms with van der Waals surface area (Å²) < 4.78 is 76.6. The van der Waals surface area contributed by atoms with E-state index in [1.807, 2.05) is 5.32 Å². The first-order valence-electron chi connectivity index (χ1n) is 9.33. The van der Waals surface area contributed by atoms with Crippen LogP contribution in [0.15, 0.2) is 71.6 Å². The number of benzene rings is 2. The van der Waals surface area contributed by atoms with Gasteiger partial charge in [-0.25, -0.2) is 5.53 Å². The fraction of sp³-hybridized carbons (Fsp3) is 0.143. The molecule has 0 bridgehead atoms. The van der Waals surface area contributed by atoms with E-state index in [1.54, 1.807) is 24.3 Å². The van der Waals surface area contributed by atoms with Gasteiger partial charge in [0.15, 0.2) is 0 Å². The van der Waals surface area contributed by atoms with Crippen LogP contribution in [0.2, 0.25) is 0 Å². The van der Waals surface area contributed by atoms with Gasteiger partial charge in [-0.05, 0) is 42.5 Å². The lowest BCUT2D eigenvalue weighted by molar-refractivity contribution is -0.114. The third-order valence-electron chi connectivity index (χ3n) is 4.04. The van der Waals surface area contributed by atoms with Gasteiger partial charge in [-0.2, -0.15) is 31.5 Å². The van der Waals surface area contributed by atoms with E-state index < -0.39 is 23.8 Å². The van der Waals surface area contributed by atoms with Crippen LogP contribution in [0, 0.1) is 10.9 Å². The van der Waals surface area contributed by atoms with Crippen molar-refractivity contribution < 1.29 is 31.1 Å². The van der Waals surface area contributed by atoms with Gasteiger partial charge in [0.2, 0.25) is 5.91 Å². The molecule has 7 nitrogen and oxygen atoms in total. The molecule has 0 spiro atoms. The SMILES string of the molecule is CC(=O)Nc1cccc(/C(=C/Nc2ccc(N/C(=C\C(=N)C(F)(F)F)C(F)(F)F)cc2)N=N)c1. The monoisotopic (exact) mass is 484 g/mol. The molecule has 0 aliphatic carbocycles. The van der Waals surface area contributed by atoms with Crippen molar-refractivity contribution in [2.75, 3.05) is 16.0 Å². The highest BCUT2D eigenvalue weighted by Gasteiger charge is 2.39. The number of nitrogens with zero attached hydrogens (tertiary/aromatic N) is 1. The van der Waals surface area contributed by atoms with Gasteiger partial charge in [-0.15, -0.1) is 0 Å². The summed E-state index contributed by atoms with van der Waals surface area (Å²) >= 11 is 0. The number of hydrogen-bond donors (Lipinski definition) is 5. The Morgan fingerprint density at radius 3 is 2.06 bits per heavy atom. The minimum Gasteiger partial charge on any atom is -0.360 e. The van der Waals surface area contributed by atoms with E-state index in [1.165, 1.54) is 37.4 Å². The summed E-state index contributed by atoms with van der Waals surface area (Å²) in [6, 6.07) is 11.6. The fourth-order valence-corrected chi connectivity index (χ4v) is 2.51. The van der Waals surface area contributed by atoms with Gasteiger partial charge in [0, 0.05) is 35.7 Å². The van der Waals surface area contributed by atoms with E-state index in [0.29, 0.717) is 16.9 Å². The molecule has 34 heavy (non-hydrogen) atoms. The number of alkyl halides is 6. The van der Waals surface area contributed by atoms with Crippen molar-refractivity contribution in [3.05, 3.63) is 72.1 Å². The molecule has 0 aliphatic heterocycles. The highest BCUT2D eigenvalue weighted by atomic mass is 19.4. The van der Waals surface area contributed by atoms with Crippen molar-refractivity contribution in [3.63, 3.8) is 0 Å². The largest absolute Gasteiger partial charge is 0.432 e. The zero-order chi connectivity index (χ0) is 25.5. The number of carbonyl (C=O) groups is 1. The molecule has 1 amide bonds. The van der Waals surface area contributed by atoms with Crippen LogP contribution in [-0.2, 0) is 4.79 Å². The Balaban J connectivity index is 2.18. The van der Waals surface area contributed by atoms with Crippen LogP contribution in [-0.4, -0.2) is 24.0 Å². The van der Waals surface area contributed by atoms with Gasteiger partial charge in [0.25, 0.3) is 0 Å². The Morgan fingerprint density at radius 1 is 0.912 bits per heavy atom. The van der Waals surface area contributed by atoms with Crippen molar-refractivity contribution in [3.8, 4) is 0 Å². The van der Waals surface area contributed by atoms with Crippen LogP contribution < -0.4 is 16.0 Å². The summed E-state index contributed by atoms with van der Waals surface area (Å²) in [6.07, 6.45) is -9.34. The van der Waals surface area contributed by atoms with Crippen LogP contribution in [0.25, 0.3) is 5.70 Å². The molecule has 0 unspecified atom stereocenters. The Kier molecular flexibility index (Phi) is 8.16. The zero-order valence-electron chi connectivity index (χ0n) is 17.4. The van der Waals surface area contributed by atoms with Crippen LogP contribution in [0.4, 0.5) is 43.4 Å². The predicted molar refractivity (Wildman–Crippen MR) is 115 cm³/mol. The molecule has 5 N–H and O–H groups in total. The summed E-state index contributed by atoms with van der Waals surface area (Å²) in [5.41, 5.74) is 4.84. The second kappa shape index (κ2) is 10.6. The fourth-order valence-electron chi connectivity index (χ4n) is 2.51. The smallest absolute Gasteiger partial charge is 0.360 e. The first kappa shape index (κ1) is 26.1. The summed E-state index contributed by atoms with van der Waals surface area (Å²) in [6.45, 7) is 1.34. The summed E-state index contributed by atoms with van der Waals surface area (Å²) in [7, 11) is 0. The van der Waals surface area contributed by atoms with Crippen molar-refractivity contribution in [1.82, 2.24) is 0 Å². The molecule has 2 aromatic rings. The number of anilines is 3. The maximum atomic E-state index is 13.1. The number of nitrogens with one attached hydrogen (secondary N) is 5. The first-order valence-corrected chi connectivity index (χ1v) is 9.33. The van der Waals surface area contributed by atoms with E-state index in [2.05, 4.69) is 15.7 Å². The van der Waals surface area contributed by atoms with E-state index >= 15 is 0 Å². The van der Waals surface area contributed by atoms with Crippen molar-refractivity contribution in [2.45, 2.75) is 19.3 Å². The standard InChI is InChI=1S/C21H18F6N6O/c1-12(34)31-16-4-2-3-13(9-16)17(33-29)11-30-14-5-7-15(8-6-14)32-19(21(25,26)27)10-18(28)20(22,23)24/h2-11,28-30,32H,1H3,(H,31,34)/b17-11-,19-10-,28-18?,33-29?. The van der Waals surface area contributed by atoms with Crippen LogP contribution in [0.5, 0.6) is 0 Å². The maximum absolute atomic E-state index is 13.1. The highest BCUT2D eigenvalue weighted by molar-refractivity contribution is 5.98. The number of allylic oxidation sites excluding steroid dienone is 2.